The highest BCUT2D eigenvalue weighted by molar-refractivity contribution is 7.26. The first-order valence-electron chi connectivity index (χ1n) is 18.0. The second-order valence-electron chi connectivity index (χ2n) is 13.5. The van der Waals surface area contributed by atoms with Gasteiger partial charge < -0.3 is 9.32 Å². The van der Waals surface area contributed by atoms with E-state index in [9.17, 15) is 0 Å². The quantitative estimate of drug-likeness (QED) is 0.171. The van der Waals surface area contributed by atoms with E-state index in [0.717, 1.165) is 55.1 Å². The molecule has 0 bridgehead atoms. The Balaban J connectivity index is 1.16. The van der Waals surface area contributed by atoms with Gasteiger partial charge in [-0.05, 0) is 89.0 Å². The van der Waals surface area contributed by atoms with E-state index in [2.05, 4.69) is 175 Å². The molecule has 8 aromatic carbocycles. The molecule has 11 rings (SSSR count). The van der Waals surface area contributed by atoms with Crippen molar-refractivity contribution in [1.29, 1.82) is 0 Å². The number of aromatic nitrogens is 1. The van der Waals surface area contributed by atoms with Crippen molar-refractivity contribution in [3.63, 3.8) is 0 Å². The molecule has 0 amide bonds. The minimum absolute atomic E-state index is 0.878. The molecule has 0 spiro atoms. The molecule has 3 nitrogen and oxygen atoms in total. The number of para-hydroxylation sites is 1. The van der Waals surface area contributed by atoms with E-state index in [-0.39, 0.29) is 0 Å². The average Bonchev–Trinajstić information content (AvgIpc) is 3.95. The van der Waals surface area contributed by atoms with Crippen LogP contribution in [0.3, 0.4) is 0 Å². The number of fused-ring (bicyclic) bond motifs is 8. The van der Waals surface area contributed by atoms with Gasteiger partial charge in [-0.2, -0.15) is 0 Å². The zero-order valence-corrected chi connectivity index (χ0v) is 30.6. The molecule has 0 N–H and O–H groups in total. The van der Waals surface area contributed by atoms with Crippen molar-refractivity contribution in [3.05, 3.63) is 182 Å². The number of hydrogen-bond donors (Lipinski definition) is 0. The van der Waals surface area contributed by atoms with Crippen molar-refractivity contribution in [3.8, 4) is 32.8 Å². The predicted octanol–water partition coefficient (Wildman–Crippen LogP) is 15.0. The molecule has 0 aliphatic rings. The summed E-state index contributed by atoms with van der Waals surface area (Å²) in [5, 5.41) is 5.68. The van der Waals surface area contributed by atoms with Gasteiger partial charge in [0, 0.05) is 53.6 Å². The number of nitrogens with zero attached hydrogens (tertiary/aromatic N) is 2. The van der Waals surface area contributed by atoms with Crippen LogP contribution in [0.25, 0.3) is 85.2 Å². The fourth-order valence-electron chi connectivity index (χ4n) is 7.78. The molecule has 0 unspecified atom stereocenters. The molecular formula is C49H30N2OS2. The summed E-state index contributed by atoms with van der Waals surface area (Å²) in [4.78, 5) is 7.66. The van der Waals surface area contributed by atoms with Crippen molar-refractivity contribution in [2.75, 3.05) is 4.90 Å². The van der Waals surface area contributed by atoms with Gasteiger partial charge in [-0.15, -0.1) is 22.7 Å². The van der Waals surface area contributed by atoms with Gasteiger partial charge in [0.25, 0.3) is 0 Å². The van der Waals surface area contributed by atoms with Crippen LogP contribution in [0.4, 0.5) is 17.1 Å². The highest BCUT2D eigenvalue weighted by atomic mass is 32.1. The van der Waals surface area contributed by atoms with Crippen molar-refractivity contribution in [2.45, 2.75) is 0 Å². The molecule has 3 aromatic heterocycles. The predicted molar refractivity (Wildman–Crippen MR) is 231 cm³/mol. The number of rotatable bonds is 6. The van der Waals surface area contributed by atoms with Crippen LogP contribution in [0.2, 0.25) is 0 Å². The van der Waals surface area contributed by atoms with Crippen molar-refractivity contribution < 1.29 is 4.42 Å². The molecule has 5 heteroatoms. The SMILES string of the molecule is c1ccc(-c2nc3c(ccc4sc5ccc(N(c6ccc(-c7ccccc7)c(-c7ccccc7)c6)c6ccc7oc8ccccc8c7c6)cc5c43)s2)cc1. The van der Waals surface area contributed by atoms with Gasteiger partial charge in [-0.25, -0.2) is 4.98 Å². The van der Waals surface area contributed by atoms with Crippen LogP contribution in [-0.2, 0) is 0 Å². The lowest BCUT2D eigenvalue weighted by Gasteiger charge is -2.27. The summed E-state index contributed by atoms with van der Waals surface area (Å²) in [5.41, 5.74) is 11.9. The largest absolute Gasteiger partial charge is 0.456 e. The molecule has 254 valence electrons. The van der Waals surface area contributed by atoms with Crippen LogP contribution in [0.15, 0.2) is 186 Å². The Hall–Kier alpha value is -6.53. The van der Waals surface area contributed by atoms with Gasteiger partial charge in [0.2, 0.25) is 0 Å². The third-order valence-electron chi connectivity index (χ3n) is 10.3. The molecule has 0 saturated heterocycles. The number of hydrogen-bond acceptors (Lipinski definition) is 5. The Morgan fingerprint density at radius 3 is 1.76 bits per heavy atom. The number of furan rings is 1. The zero-order chi connectivity index (χ0) is 35.6. The van der Waals surface area contributed by atoms with Gasteiger partial charge >= 0.3 is 0 Å². The highest BCUT2D eigenvalue weighted by Crippen LogP contribution is 2.46. The van der Waals surface area contributed by atoms with Gasteiger partial charge in [-0.1, -0.05) is 115 Å². The first-order chi connectivity index (χ1) is 26.7. The highest BCUT2D eigenvalue weighted by Gasteiger charge is 2.21. The van der Waals surface area contributed by atoms with E-state index in [1.54, 1.807) is 11.3 Å². The average molecular weight is 727 g/mol. The fraction of sp³-hybridized carbons (Fsp3) is 0. The van der Waals surface area contributed by atoms with Crippen LogP contribution in [0.5, 0.6) is 0 Å². The Morgan fingerprint density at radius 2 is 0.981 bits per heavy atom. The number of thiazole rings is 1. The summed E-state index contributed by atoms with van der Waals surface area (Å²) in [6.07, 6.45) is 0. The van der Waals surface area contributed by atoms with Crippen molar-refractivity contribution >= 4 is 92.1 Å². The number of benzene rings is 8. The summed E-state index contributed by atoms with van der Waals surface area (Å²) in [6.45, 7) is 0. The Kier molecular flexibility index (Phi) is 7.22. The normalized spacial score (nSPS) is 11.7. The van der Waals surface area contributed by atoms with Crippen LogP contribution in [-0.4, -0.2) is 4.98 Å². The van der Waals surface area contributed by atoms with Crippen molar-refractivity contribution in [1.82, 2.24) is 4.98 Å². The van der Waals surface area contributed by atoms with E-state index in [0.29, 0.717) is 0 Å². The second-order valence-corrected chi connectivity index (χ2v) is 15.6. The van der Waals surface area contributed by atoms with Gasteiger partial charge in [0.05, 0.1) is 10.2 Å². The Labute approximate surface area is 319 Å². The Bertz CT molecular complexity index is 3160. The lowest BCUT2D eigenvalue weighted by Crippen LogP contribution is -2.10. The second kappa shape index (κ2) is 12.6. The molecule has 0 atom stereocenters. The monoisotopic (exact) mass is 726 g/mol. The Morgan fingerprint density at radius 1 is 0.407 bits per heavy atom. The summed E-state index contributed by atoms with van der Waals surface area (Å²) in [5.74, 6) is 0. The minimum atomic E-state index is 0.878. The lowest BCUT2D eigenvalue weighted by atomic mass is 9.93. The molecule has 0 saturated carbocycles. The molecule has 0 aliphatic carbocycles. The summed E-state index contributed by atoms with van der Waals surface area (Å²) in [7, 11) is 0. The third-order valence-corrected chi connectivity index (χ3v) is 12.5. The van der Waals surface area contributed by atoms with E-state index in [1.807, 2.05) is 23.5 Å². The lowest BCUT2D eigenvalue weighted by molar-refractivity contribution is 0.669. The fourth-order valence-corrected chi connectivity index (χ4v) is 9.85. The summed E-state index contributed by atoms with van der Waals surface area (Å²) in [6, 6.07) is 65.0. The maximum absolute atomic E-state index is 6.29. The van der Waals surface area contributed by atoms with Gasteiger partial charge in [0.1, 0.15) is 16.2 Å². The molecule has 54 heavy (non-hydrogen) atoms. The van der Waals surface area contributed by atoms with Crippen LogP contribution in [0, 0.1) is 0 Å². The molecule has 0 fully saturated rings. The van der Waals surface area contributed by atoms with E-state index < -0.39 is 0 Å². The maximum atomic E-state index is 6.29. The smallest absolute Gasteiger partial charge is 0.135 e. The molecular weight excluding hydrogens is 697 g/mol. The van der Waals surface area contributed by atoms with Crippen LogP contribution < -0.4 is 4.90 Å². The first kappa shape index (κ1) is 31.0. The van der Waals surface area contributed by atoms with E-state index in [1.165, 1.54) is 47.1 Å². The summed E-state index contributed by atoms with van der Waals surface area (Å²) >= 11 is 3.59. The third kappa shape index (κ3) is 5.12. The first-order valence-corrected chi connectivity index (χ1v) is 19.7. The minimum Gasteiger partial charge on any atom is -0.456 e. The maximum Gasteiger partial charge on any atom is 0.135 e. The standard InChI is InChI=1S/C49H30N2OS2/c1-4-12-31(13-5-1)37-23-20-34(28-39(37)32-14-6-2-7-15-32)51(35-21-24-43-40(29-35)38-18-10-11-19-42(38)52-43)36-22-25-44-41(30-36)47-45(53-44)26-27-46-48(47)50-49(54-46)33-16-8-3-9-17-33/h1-30H. The van der Waals surface area contributed by atoms with Gasteiger partial charge in [0.15, 0.2) is 0 Å². The number of anilines is 3. The molecule has 3 heterocycles. The topological polar surface area (TPSA) is 29.3 Å². The summed E-state index contributed by atoms with van der Waals surface area (Å²) < 4.78 is 9.98. The van der Waals surface area contributed by atoms with E-state index in [4.69, 9.17) is 9.40 Å². The van der Waals surface area contributed by atoms with Gasteiger partial charge in [-0.3, -0.25) is 0 Å². The van der Waals surface area contributed by atoms with E-state index >= 15 is 0 Å². The van der Waals surface area contributed by atoms with Crippen molar-refractivity contribution in [2.24, 2.45) is 0 Å². The zero-order valence-electron chi connectivity index (χ0n) is 28.9. The molecule has 11 aromatic rings. The van der Waals surface area contributed by atoms with Crippen LogP contribution >= 0.6 is 22.7 Å². The van der Waals surface area contributed by atoms with Crippen LogP contribution in [0.1, 0.15) is 0 Å². The number of thiophene rings is 1. The molecule has 0 radical (unpaired) electrons. The molecule has 0 aliphatic heterocycles.